The van der Waals surface area contributed by atoms with E-state index in [-0.39, 0.29) is 0 Å². The van der Waals surface area contributed by atoms with Crippen LogP contribution in [-0.2, 0) is 17.8 Å². The summed E-state index contributed by atoms with van der Waals surface area (Å²) in [6.07, 6.45) is 3.65. The number of aromatic nitrogens is 3. The molecule has 0 amide bonds. The van der Waals surface area contributed by atoms with Crippen LogP contribution >= 0.6 is 11.6 Å². The first-order valence-corrected chi connectivity index (χ1v) is 8.02. The number of anilines is 1. The monoisotopic (exact) mass is 333 g/mol. The van der Waals surface area contributed by atoms with Gasteiger partial charge < -0.3 is 9.64 Å². The number of halogens is 1. The predicted molar refractivity (Wildman–Crippen MR) is 89.5 cm³/mol. The van der Waals surface area contributed by atoms with Crippen LogP contribution in [0.3, 0.4) is 0 Å². The Bertz CT molecular complexity index is 634. The summed E-state index contributed by atoms with van der Waals surface area (Å²) in [5.41, 5.74) is 1.16. The number of ether oxygens (including phenoxy) is 1. The average Bonchev–Trinajstić information content (AvgIpc) is 2.56. The topological polar surface area (TPSA) is 54.4 Å². The summed E-state index contributed by atoms with van der Waals surface area (Å²) < 4.78 is 5.38. The third-order valence-corrected chi connectivity index (χ3v) is 3.84. The maximum atomic E-state index is 6.18. The van der Waals surface area contributed by atoms with E-state index in [0.717, 1.165) is 50.1 Å². The Morgan fingerprint density at radius 3 is 2.83 bits per heavy atom. The summed E-state index contributed by atoms with van der Waals surface area (Å²) in [7, 11) is 2.03. The van der Waals surface area contributed by atoms with Crippen molar-refractivity contribution < 1.29 is 4.74 Å². The summed E-state index contributed by atoms with van der Waals surface area (Å²) in [5, 5.41) is 0.478. The minimum absolute atomic E-state index is 0.478. The number of hydrogen-bond donors (Lipinski definition) is 0. The highest BCUT2D eigenvalue weighted by Gasteiger charge is 2.15. The van der Waals surface area contributed by atoms with Crippen molar-refractivity contribution in [1.29, 1.82) is 0 Å². The van der Waals surface area contributed by atoms with Crippen LogP contribution in [0.1, 0.15) is 11.4 Å². The minimum Gasteiger partial charge on any atom is -0.378 e. The largest absolute Gasteiger partial charge is 0.378 e. The van der Waals surface area contributed by atoms with Crippen LogP contribution in [0.4, 0.5) is 5.82 Å². The Hall–Kier alpha value is -1.76. The Balaban J connectivity index is 1.68. The second-order valence-electron chi connectivity index (χ2n) is 5.60. The first kappa shape index (κ1) is 16.1. The van der Waals surface area contributed by atoms with E-state index in [4.69, 9.17) is 16.3 Å². The van der Waals surface area contributed by atoms with Gasteiger partial charge in [-0.2, -0.15) is 0 Å². The van der Waals surface area contributed by atoms with Crippen molar-refractivity contribution >= 4 is 17.4 Å². The molecule has 2 aromatic heterocycles. The molecule has 0 radical (unpaired) electrons. The van der Waals surface area contributed by atoms with E-state index in [0.29, 0.717) is 11.7 Å². The van der Waals surface area contributed by atoms with Gasteiger partial charge in [-0.3, -0.25) is 9.88 Å². The third-order valence-electron chi connectivity index (χ3n) is 3.65. The normalized spacial score (nSPS) is 15.2. The van der Waals surface area contributed by atoms with E-state index in [9.17, 15) is 0 Å². The van der Waals surface area contributed by atoms with Gasteiger partial charge in [0, 0.05) is 38.1 Å². The fourth-order valence-electron chi connectivity index (χ4n) is 2.58. The number of nitrogens with zero attached hydrogens (tertiary/aromatic N) is 5. The van der Waals surface area contributed by atoms with E-state index < -0.39 is 0 Å². The predicted octanol–water partition coefficient (Wildman–Crippen LogP) is 1.99. The highest BCUT2D eigenvalue weighted by atomic mass is 35.5. The highest BCUT2D eigenvalue weighted by molar-refractivity contribution is 6.29. The molecule has 6 nitrogen and oxygen atoms in total. The van der Waals surface area contributed by atoms with Crippen LogP contribution in [0.5, 0.6) is 0 Å². The van der Waals surface area contributed by atoms with Crippen molar-refractivity contribution in [2.75, 3.05) is 38.3 Å². The molecule has 1 aliphatic heterocycles. The molecule has 7 heteroatoms. The molecule has 0 saturated carbocycles. The van der Waals surface area contributed by atoms with Crippen molar-refractivity contribution in [1.82, 2.24) is 19.9 Å². The lowest BCUT2D eigenvalue weighted by Crippen LogP contribution is -2.37. The van der Waals surface area contributed by atoms with E-state index >= 15 is 0 Å². The lowest BCUT2D eigenvalue weighted by molar-refractivity contribution is 0.122. The standard InChI is InChI=1S/C16H20ClN5O/c1-21(11-13-3-2-4-18-10-13)12-15-19-14(17)9-16(20-15)22-5-7-23-8-6-22/h2-4,9-10H,5-8,11-12H2,1H3. The zero-order valence-corrected chi connectivity index (χ0v) is 13.9. The van der Waals surface area contributed by atoms with Crippen LogP contribution in [-0.4, -0.2) is 53.2 Å². The van der Waals surface area contributed by atoms with Crippen molar-refractivity contribution in [2.24, 2.45) is 0 Å². The molecule has 1 fully saturated rings. The number of rotatable bonds is 5. The first-order valence-electron chi connectivity index (χ1n) is 7.64. The van der Waals surface area contributed by atoms with E-state index in [2.05, 4.69) is 30.8 Å². The van der Waals surface area contributed by atoms with Gasteiger partial charge in [-0.05, 0) is 18.7 Å². The number of pyridine rings is 1. The molecular formula is C16H20ClN5O. The smallest absolute Gasteiger partial charge is 0.146 e. The molecule has 23 heavy (non-hydrogen) atoms. The van der Waals surface area contributed by atoms with Gasteiger partial charge in [0.2, 0.25) is 0 Å². The molecule has 0 unspecified atom stereocenters. The Labute approximate surface area is 141 Å². The van der Waals surface area contributed by atoms with Crippen molar-refractivity contribution in [3.63, 3.8) is 0 Å². The van der Waals surface area contributed by atoms with E-state index in [1.54, 1.807) is 6.20 Å². The molecule has 1 aliphatic rings. The molecule has 0 aliphatic carbocycles. The van der Waals surface area contributed by atoms with Crippen molar-refractivity contribution in [2.45, 2.75) is 13.1 Å². The molecule has 0 aromatic carbocycles. The summed E-state index contributed by atoms with van der Waals surface area (Å²) in [6, 6.07) is 5.81. The lowest BCUT2D eigenvalue weighted by Gasteiger charge is -2.28. The molecule has 2 aromatic rings. The zero-order chi connectivity index (χ0) is 16.1. The SMILES string of the molecule is CN(Cc1cccnc1)Cc1nc(Cl)cc(N2CCOCC2)n1. The summed E-state index contributed by atoms with van der Waals surface area (Å²) in [5.74, 6) is 1.60. The van der Waals surface area contributed by atoms with Gasteiger partial charge in [-0.1, -0.05) is 17.7 Å². The molecule has 0 atom stereocenters. The van der Waals surface area contributed by atoms with Crippen molar-refractivity contribution in [3.05, 3.63) is 47.1 Å². The van der Waals surface area contributed by atoms with Gasteiger partial charge in [0.25, 0.3) is 0 Å². The number of hydrogen-bond acceptors (Lipinski definition) is 6. The highest BCUT2D eigenvalue weighted by Crippen LogP contribution is 2.18. The zero-order valence-electron chi connectivity index (χ0n) is 13.2. The summed E-state index contributed by atoms with van der Waals surface area (Å²) in [6.45, 7) is 4.52. The van der Waals surface area contributed by atoms with Gasteiger partial charge in [0.05, 0.1) is 19.8 Å². The molecule has 122 valence electrons. The fraction of sp³-hybridized carbons (Fsp3) is 0.438. The second-order valence-corrected chi connectivity index (χ2v) is 5.99. The van der Waals surface area contributed by atoms with Gasteiger partial charge in [-0.15, -0.1) is 0 Å². The maximum Gasteiger partial charge on any atom is 0.146 e. The van der Waals surface area contributed by atoms with Gasteiger partial charge in [-0.25, -0.2) is 9.97 Å². The minimum atomic E-state index is 0.478. The number of morpholine rings is 1. The first-order chi connectivity index (χ1) is 11.2. The van der Waals surface area contributed by atoms with Crippen LogP contribution < -0.4 is 4.90 Å². The third kappa shape index (κ3) is 4.60. The van der Waals surface area contributed by atoms with E-state index in [1.807, 2.05) is 25.4 Å². The molecule has 0 spiro atoms. The Morgan fingerprint density at radius 2 is 2.09 bits per heavy atom. The van der Waals surface area contributed by atoms with Crippen LogP contribution in [0.25, 0.3) is 0 Å². The van der Waals surface area contributed by atoms with E-state index in [1.165, 1.54) is 0 Å². The Kier molecular flexibility index (Phi) is 5.38. The second kappa shape index (κ2) is 7.68. The van der Waals surface area contributed by atoms with Crippen molar-refractivity contribution in [3.8, 4) is 0 Å². The molecule has 3 heterocycles. The molecule has 1 saturated heterocycles. The summed E-state index contributed by atoms with van der Waals surface area (Å²) in [4.78, 5) is 17.5. The lowest BCUT2D eigenvalue weighted by atomic mass is 10.3. The summed E-state index contributed by atoms with van der Waals surface area (Å²) >= 11 is 6.18. The quantitative estimate of drug-likeness (QED) is 0.780. The molecular weight excluding hydrogens is 314 g/mol. The Morgan fingerprint density at radius 1 is 1.26 bits per heavy atom. The van der Waals surface area contributed by atoms with Gasteiger partial charge in [0.15, 0.2) is 0 Å². The maximum absolute atomic E-state index is 6.18. The van der Waals surface area contributed by atoms with Gasteiger partial charge in [0.1, 0.15) is 16.8 Å². The molecule has 0 N–H and O–H groups in total. The molecule has 0 bridgehead atoms. The fourth-order valence-corrected chi connectivity index (χ4v) is 2.77. The van der Waals surface area contributed by atoms with Crippen LogP contribution in [0, 0.1) is 0 Å². The van der Waals surface area contributed by atoms with Gasteiger partial charge >= 0.3 is 0 Å². The van der Waals surface area contributed by atoms with Crippen LogP contribution in [0.2, 0.25) is 5.15 Å². The molecule has 3 rings (SSSR count). The average molecular weight is 334 g/mol. The van der Waals surface area contributed by atoms with Crippen LogP contribution in [0.15, 0.2) is 30.6 Å².